The van der Waals surface area contributed by atoms with Gasteiger partial charge in [-0.3, -0.25) is 4.90 Å². The van der Waals surface area contributed by atoms with Crippen molar-refractivity contribution in [2.45, 2.75) is 71.1 Å². The van der Waals surface area contributed by atoms with Crippen LogP contribution in [0.1, 0.15) is 53.4 Å². The summed E-state index contributed by atoms with van der Waals surface area (Å²) >= 11 is 0. The van der Waals surface area contributed by atoms with E-state index in [1.165, 1.54) is 45.3 Å². The summed E-state index contributed by atoms with van der Waals surface area (Å²) in [6, 6.07) is 1.43. The minimum Gasteiger partial charge on any atom is -0.375 e. The number of hydrogen-bond acceptors (Lipinski definition) is 3. The van der Waals surface area contributed by atoms with Gasteiger partial charge in [0.25, 0.3) is 0 Å². The maximum atomic E-state index is 5.87. The Hall–Kier alpha value is -0.120. The van der Waals surface area contributed by atoms with Crippen LogP contribution in [0.4, 0.5) is 0 Å². The van der Waals surface area contributed by atoms with Crippen molar-refractivity contribution in [3.8, 4) is 0 Å². The van der Waals surface area contributed by atoms with Crippen LogP contribution in [0, 0.1) is 5.92 Å². The molecule has 3 unspecified atom stereocenters. The standard InChI is InChI=1S/C16H32N2O/c1-5-14-6-8-18(12-13(2)11-17-14)15-7-9-19-16(3,4)10-15/h13-15,17H,5-12H2,1-4H3. The van der Waals surface area contributed by atoms with E-state index in [1.54, 1.807) is 0 Å². The first kappa shape index (κ1) is 15.3. The molecule has 3 nitrogen and oxygen atoms in total. The lowest BCUT2D eigenvalue weighted by Gasteiger charge is -2.43. The molecule has 0 saturated carbocycles. The average Bonchev–Trinajstić information content (AvgIpc) is 2.33. The monoisotopic (exact) mass is 268 g/mol. The van der Waals surface area contributed by atoms with Crippen molar-refractivity contribution in [1.82, 2.24) is 10.2 Å². The third-order valence-electron chi connectivity index (χ3n) is 4.75. The summed E-state index contributed by atoms with van der Waals surface area (Å²) < 4.78 is 5.87. The van der Waals surface area contributed by atoms with E-state index in [9.17, 15) is 0 Å². The maximum absolute atomic E-state index is 5.87. The third kappa shape index (κ3) is 4.44. The number of nitrogens with zero attached hydrogens (tertiary/aromatic N) is 1. The van der Waals surface area contributed by atoms with Crippen molar-refractivity contribution >= 4 is 0 Å². The molecular formula is C16H32N2O. The average molecular weight is 268 g/mol. The zero-order valence-corrected chi connectivity index (χ0v) is 13.2. The molecule has 0 radical (unpaired) electrons. The van der Waals surface area contributed by atoms with E-state index >= 15 is 0 Å². The predicted molar refractivity (Wildman–Crippen MR) is 80.5 cm³/mol. The lowest BCUT2D eigenvalue weighted by Crippen LogP contribution is -2.51. The molecule has 2 saturated heterocycles. The molecule has 3 heteroatoms. The van der Waals surface area contributed by atoms with Gasteiger partial charge < -0.3 is 10.1 Å². The Balaban J connectivity index is 1.96. The summed E-state index contributed by atoms with van der Waals surface area (Å²) in [5, 5.41) is 3.71. The lowest BCUT2D eigenvalue weighted by molar-refractivity contribution is -0.0857. The molecule has 112 valence electrons. The van der Waals surface area contributed by atoms with Crippen molar-refractivity contribution < 1.29 is 4.74 Å². The zero-order valence-electron chi connectivity index (χ0n) is 13.2. The van der Waals surface area contributed by atoms with Crippen molar-refractivity contribution in [3.63, 3.8) is 0 Å². The molecule has 2 rings (SSSR count). The van der Waals surface area contributed by atoms with E-state index < -0.39 is 0 Å². The van der Waals surface area contributed by atoms with Crippen LogP contribution < -0.4 is 5.32 Å². The molecule has 2 fully saturated rings. The molecule has 0 spiro atoms. The van der Waals surface area contributed by atoms with Gasteiger partial charge in [-0.05, 0) is 58.5 Å². The molecule has 19 heavy (non-hydrogen) atoms. The molecule has 0 aromatic rings. The molecule has 0 aromatic heterocycles. The second kappa shape index (κ2) is 6.55. The second-order valence-electron chi connectivity index (χ2n) is 7.16. The van der Waals surface area contributed by atoms with E-state index in [4.69, 9.17) is 4.74 Å². The highest BCUT2D eigenvalue weighted by Crippen LogP contribution is 2.28. The Labute approximate surface area is 119 Å². The van der Waals surface area contributed by atoms with Crippen LogP contribution >= 0.6 is 0 Å². The van der Waals surface area contributed by atoms with Gasteiger partial charge in [0.2, 0.25) is 0 Å². The number of nitrogens with one attached hydrogen (secondary N) is 1. The van der Waals surface area contributed by atoms with Crippen molar-refractivity contribution in [1.29, 1.82) is 0 Å². The van der Waals surface area contributed by atoms with Gasteiger partial charge in [0, 0.05) is 25.2 Å². The first-order chi connectivity index (χ1) is 9.00. The Morgan fingerprint density at radius 3 is 2.79 bits per heavy atom. The molecule has 2 heterocycles. The summed E-state index contributed by atoms with van der Waals surface area (Å²) in [6.07, 6.45) is 4.94. The molecular weight excluding hydrogens is 236 g/mol. The first-order valence-corrected chi connectivity index (χ1v) is 8.11. The van der Waals surface area contributed by atoms with Gasteiger partial charge in [-0.25, -0.2) is 0 Å². The van der Waals surface area contributed by atoms with Crippen molar-refractivity contribution in [2.75, 3.05) is 26.2 Å². The molecule has 3 atom stereocenters. The van der Waals surface area contributed by atoms with E-state index in [-0.39, 0.29) is 5.60 Å². The number of rotatable bonds is 2. The quantitative estimate of drug-likeness (QED) is 0.833. The predicted octanol–water partition coefficient (Wildman–Crippen LogP) is 2.65. The van der Waals surface area contributed by atoms with E-state index in [1.807, 2.05) is 0 Å². The highest BCUT2D eigenvalue weighted by Gasteiger charge is 2.33. The van der Waals surface area contributed by atoms with Crippen LogP contribution in [0.5, 0.6) is 0 Å². The van der Waals surface area contributed by atoms with Crippen molar-refractivity contribution in [2.24, 2.45) is 5.92 Å². The topological polar surface area (TPSA) is 24.5 Å². The Morgan fingerprint density at radius 1 is 1.32 bits per heavy atom. The Kier molecular flexibility index (Phi) is 5.27. The van der Waals surface area contributed by atoms with Crippen LogP contribution in [0.3, 0.4) is 0 Å². The molecule has 0 amide bonds. The van der Waals surface area contributed by atoms with Crippen LogP contribution in [0.15, 0.2) is 0 Å². The minimum absolute atomic E-state index is 0.0664. The summed E-state index contributed by atoms with van der Waals surface area (Å²) in [7, 11) is 0. The van der Waals surface area contributed by atoms with Crippen LogP contribution in [-0.4, -0.2) is 48.8 Å². The third-order valence-corrected chi connectivity index (χ3v) is 4.75. The van der Waals surface area contributed by atoms with Crippen LogP contribution in [0.25, 0.3) is 0 Å². The Morgan fingerprint density at radius 2 is 2.11 bits per heavy atom. The fourth-order valence-corrected chi connectivity index (χ4v) is 3.54. The van der Waals surface area contributed by atoms with E-state index in [2.05, 4.69) is 37.9 Å². The molecule has 1 N–H and O–H groups in total. The van der Waals surface area contributed by atoms with Gasteiger partial charge in [0.15, 0.2) is 0 Å². The smallest absolute Gasteiger partial charge is 0.0641 e. The SMILES string of the molecule is CCC1CCN(C2CCOC(C)(C)C2)CC(C)CN1. The lowest BCUT2D eigenvalue weighted by atomic mass is 9.91. The molecule has 2 aliphatic heterocycles. The molecule has 0 aliphatic carbocycles. The number of ether oxygens (including phenoxy) is 1. The fourth-order valence-electron chi connectivity index (χ4n) is 3.54. The fraction of sp³-hybridized carbons (Fsp3) is 1.00. The summed E-state index contributed by atoms with van der Waals surface area (Å²) in [5.41, 5.74) is 0.0664. The zero-order chi connectivity index (χ0) is 13.9. The summed E-state index contributed by atoms with van der Waals surface area (Å²) in [4.78, 5) is 2.75. The van der Waals surface area contributed by atoms with Gasteiger partial charge in [0.05, 0.1) is 5.60 Å². The highest BCUT2D eigenvalue weighted by molar-refractivity contribution is 4.87. The molecule has 0 bridgehead atoms. The van der Waals surface area contributed by atoms with Crippen molar-refractivity contribution in [3.05, 3.63) is 0 Å². The minimum atomic E-state index is 0.0664. The molecule has 0 aromatic carbocycles. The van der Waals surface area contributed by atoms with Gasteiger partial charge in [0.1, 0.15) is 0 Å². The Bertz CT molecular complexity index is 280. The van der Waals surface area contributed by atoms with Gasteiger partial charge in [-0.15, -0.1) is 0 Å². The van der Waals surface area contributed by atoms with E-state index in [0.29, 0.717) is 6.04 Å². The van der Waals surface area contributed by atoms with Gasteiger partial charge in [-0.2, -0.15) is 0 Å². The van der Waals surface area contributed by atoms with Crippen LogP contribution in [-0.2, 0) is 4.74 Å². The summed E-state index contributed by atoms with van der Waals surface area (Å²) in [6.45, 7) is 13.7. The van der Waals surface area contributed by atoms with Crippen LogP contribution in [0.2, 0.25) is 0 Å². The van der Waals surface area contributed by atoms with Gasteiger partial charge >= 0.3 is 0 Å². The maximum Gasteiger partial charge on any atom is 0.0641 e. The van der Waals surface area contributed by atoms with E-state index in [0.717, 1.165) is 18.6 Å². The number of hydrogen-bond donors (Lipinski definition) is 1. The molecule has 2 aliphatic rings. The highest BCUT2D eigenvalue weighted by atomic mass is 16.5. The largest absolute Gasteiger partial charge is 0.375 e. The second-order valence-corrected chi connectivity index (χ2v) is 7.16. The summed E-state index contributed by atoms with van der Waals surface area (Å²) in [5.74, 6) is 0.750. The normalized spacial score (nSPS) is 37.6. The van der Waals surface area contributed by atoms with Gasteiger partial charge in [-0.1, -0.05) is 13.8 Å². The first-order valence-electron chi connectivity index (χ1n) is 8.11.